The highest BCUT2D eigenvalue weighted by molar-refractivity contribution is 5.86. The molecule has 206 valence electrons. The Labute approximate surface area is 221 Å². The highest BCUT2D eigenvalue weighted by Crippen LogP contribution is 2.45. The highest BCUT2D eigenvalue weighted by atomic mass is 19.4. The Kier molecular flexibility index (Phi) is 6.69. The van der Waals surface area contributed by atoms with Gasteiger partial charge < -0.3 is 20.1 Å². The molecule has 39 heavy (non-hydrogen) atoms. The van der Waals surface area contributed by atoms with Crippen molar-refractivity contribution in [1.29, 1.82) is 5.41 Å². The summed E-state index contributed by atoms with van der Waals surface area (Å²) < 4.78 is 74.7. The molecule has 0 radical (unpaired) electrons. The fourth-order valence-electron chi connectivity index (χ4n) is 5.16. The second-order valence-electron chi connectivity index (χ2n) is 9.85. The minimum absolute atomic E-state index is 0.0122. The van der Waals surface area contributed by atoms with E-state index in [-0.39, 0.29) is 18.7 Å². The van der Waals surface area contributed by atoms with Crippen LogP contribution in [0, 0.1) is 12.3 Å². The van der Waals surface area contributed by atoms with E-state index in [0.29, 0.717) is 28.2 Å². The van der Waals surface area contributed by atoms with Crippen molar-refractivity contribution >= 4 is 17.3 Å². The maximum atomic E-state index is 15.2. The van der Waals surface area contributed by atoms with Crippen molar-refractivity contribution < 1.29 is 31.8 Å². The Hall–Kier alpha value is -3.80. The van der Waals surface area contributed by atoms with Crippen LogP contribution in [-0.4, -0.2) is 46.1 Å². The van der Waals surface area contributed by atoms with Crippen molar-refractivity contribution in [1.82, 2.24) is 9.97 Å². The number of fused-ring (bicyclic) bond motifs is 3. The van der Waals surface area contributed by atoms with Gasteiger partial charge in [-0.2, -0.15) is 13.2 Å². The van der Waals surface area contributed by atoms with Gasteiger partial charge in [-0.25, -0.2) is 8.78 Å². The first kappa shape index (κ1) is 26.8. The predicted octanol–water partition coefficient (Wildman–Crippen LogP) is 5.90. The normalized spacial score (nSPS) is 21.3. The maximum absolute atomic E-state index is 15.2. The predicted molar refractivity (Wildman–Crippen MR) is 135 cm³/mol. The van der Waals surface area contributed by atoms with E-state index in [1.54, 1.807) is 37.4 Å². The molecule has 0 amide bonds. The second-order valence-corrected chi connectivity index (χ2v) is 9.85. The topological polar surface area (TPSA) is 94.4 Å². The number of alkyl halides is 5. The molecule has 12 heteroatoms. The van der Waals surface area contributed by atoms with Crippen molar-refractivity contribution in [3.63, 3.8) is 0 Å². The van der Waals surface area contributed by atoms with Gasteiger partial charge in [-0.15, -0.1) is 0 Å². The van der Waals surface area contributed by atoms with Crippen molar-refractivity contribution in [3.8, 4) is 11.1 Å². The Morgan fingerprint density at radius 1 is 1.18 bits per heavy atom. The molecule has 1 saturated heterocycles. The average molecular weight is 548 g/mol. The Morgan fingerprint density at radius 2 is 1.95 bits per heavy atom. The number of aliphatic hydroxyl groups is 1. The van der Waals surface area contributed by atoms with Gasteiger partial charge in [-0.3, -0.25) is 15.4 Å². The van der Waals surface area contributed by atoms with Crippen molar-refractivity contribution in [2.45, 2.75) is 50.6 Å². The minimum atomic E-state index is -4.65. The number of ether oxygens (including phenoxy) is 1. The van der Waals surface area contributed by atoms with E-state index in [4.69, 9.17) is 10.1 Å². The van der Waals surface area contributed by atoms with Gasteiger partial charge >= 0.3 is 6.18 Å². The molecule has 4 heterocycles. The molecule has 1 fully saturated rings. The molecule has 2 aliphatic rings. The monoisotopic (exact) mass is 547 g/mol. The molecular formula is C27H26F5N5O2. The molecule has 3 atom stereocenters. The largest absolute Gasteiger partial charge is 0.478 e. The van der Waals surface area contributed by atoms with Gasteiger partial charge in [0, 0.05) is 41.5 Å². The van der Waals surface area contributed by atoms with Gasteiger partial charge in [-0.1, -0.05) is 13.0 Å². The number of morpholine rings is 1. The zero-order valence-electron chi connectivity index (χ0n) is 21.1. The SMILES string of the molecule is Cc1ccc(NC(O)c2ccnc(C(F)(F)F)c2)cc1-c1cnc2c(c1)N1CCOC(=N)C1C(F)(F)CC2C. The average Bonchev–Trinajstić information content (AvgIpc) is 2.96. The Balaban J connectivity index is 1.49. The summed E-state index contributed by atoms with van der Waals surface area (Å²) in [4.78, 5) is 9.36. The number of aliphatic hydroxyl groups excluding tert-OH is 1. The number of aryl methyl sites for hydroxylation is 1. The molecule has 1 aromatic carbocycles. The standard InChI is InChI=1S/C27H26F5N5O2/c1-14-3-4-18(36-25(38)16-5-6-34-21(10-16)27(30,31)32)11-19(14)17-9-20-22(35-13-17)15(2)12-26(28,29)23-24(33)39-8-7-37(20)23/h3-6,9-11,13,15,23,25,33,36,38H,7-8,12H2,1-2H3. The van der Waals surface area contributed by atoms with Crippen molar-refractivity contribution in [2.75, 3.05) is 23.4 Å². The van der Waals surface area contributed by atoms with Crippen LogP contribution in [0.3, 0.4) is 0 Å². The number of nitrogens with zero attached hydrogens (tertiary/aromatic N) is 3. The molecule has 5 rings (SSSR count). The van der Waals surface area contributed by atoms with E-state index in [0.717, 1.165) is 17.8 Å². The van der Waals surface area contributed by atoms with E-state index < -0.39 is 48.3 Å². The first-order valence-electron chi connectivity index (χ1n) is 12.3. The van der Waals surface area contributed by atoms with Gasteiger partial charge in [0.1, 0.15) is 12.3 Å². The number of pyridine rings is 2. The summed E-state index contributed by atoms with van der Waals surface area (Å²) in [7, 11) is 0. The van der Waals surface area contributed by atoms with E-state index in [1.807, 2.05) is 6.92 Å². The van der Waals surface area contributed by atoms with Gasteiger partial charge in [-0.05, 0) is 48.4 Å². The summed E-state index contributed by atoms with van der Waals surface area (Å²) >= 11 is 0. The molecule has 3 unspecified atom stereocenters. The van der Waals surface area contributed by atoms with Gasteiger partial charge in [0.2, 0.25) is 5.90 Å². The second kappa shape index (κ2) is 9.74. The van der Waals surface area contributed by atoms with E-state index >= 15 is 8.78 Å². The van der Waals surface area contributed by atoms with Crippen LogP contribution in [0.4, 0.5) is 33.3 Å². The fraction of sp³-hybridized carbons (Fsp3) is 0.370. The summed E-state index contributed by atoms with van der Waals surface area (Å²) in [5, 5.41) is 21.5. The number of benzene rings is 1. The number of anilines is 2. The number of halogens is 5. The number of hydrogen-bond donors (Lipinski definition) is 3. The zero-order chi connectivity index (χ0) is 28.1. The smallest absolute Gasteiger partial charge is 0.433 e. The van der Waals surface area contributed by atoms with Crippen LogP contribution >= 0.6 is 0 Å². The van der Waals surface area contributed by atoms with Crippen LogP contribution in [-0.2, 0) is 10.9 Å². The molecule has 3 aromatic rings. The number of hydrogen-bond acceptors (Lipinski definition) is 7. The van der Waals surface area contributed by atoms with Crippen LogP contribution in [0.2, 0.25) is 0 Å². The molecule has 0 saturated carbocycles. The van der Waals surface area contributed by atoms with Crippen LogP contribution in [0.15, 0.2) is 48.8 Å². The molecule has 2 aromatic heterocycles. The fourth-order valence-corrected chi connectivity index (χ4v) is 5.16. The Morgan fingerprint density at radius 3 is 2.69 bits per heavy atom. The van der Waals surface area contributed by atoms with E-state index in [1.165, 1.54) is 11.0 Å². The van der Waals surface area contributed by atoms with Gasteiger partial charge in [0.05, 0.1) is 17.9 Å². The quantitative estimate of drug-likeness (QED) is 0.278. The summed E-state index contributed by atoms with van der Waals surface area (Å²) in [6.45, 7) is 3.81. The van der Waals surface area contributed by atoms with Crippen LogP contribution < -0.4 is 10.2 Å². The third-order valence-electron chi connectivity index (χ3n) is 7.04. The van der Waals surface area contributed by atoms with Crippen molar-refractivity contribution in [2.24, 2.45) is 0 Å². The lowest BCUT2D eigenvalue weighted by atomic mass is 9.95. The third kappa shape index (κ3) is 5.12. The summed E-state index contributed by atoms with van der Waals surface area (Å²) in [6.07, 6.45) is -3.99. The zero-order valence-corrected chi connectivity index (χ0v) is 21.1. The minimum Gasteiger partial charge on any atom is -0.478 e. The van der Waals surface area contributed by atoms with Crippen LogP contribution in [0.5, 0.6) is 0 Å². The lowest BCUT2D eigenvalue weighted by Gasteiger charge is -2.39. The molecular weight excluding hydrogens is 521 g/mol. The summed E-state index contributed by atoms with van der Waals surface area (Å²) in [5.41, 5.74) is 2.46. The lowest BCUT2D eigenvalue weighted by Crippen LogP contribution is -2.57. The summed E-state index contributed by atoms with van der Waals surface area (Å²) in [6, 6.07) is 7.45. The Bertz CT molecular complexity index is 1410. The molecule has 0 bridgehead atoms. The number of rotatable bonds is 4. The van der Waals surface area contributed by atoms with Crippen LogP contribution in [0.25, 0.3) is 11.1 Å². The number of aromatic nitrogens is 2. The molecule has 7 nitrogen and oxygen atoms in total. The highest BCUT2D eigenvalue weighted by Gasteiger charge is 2.52. The molecule has 2 aliphatic heterocycles. The third-order valence-corrected chi connectivity index (χ3v) is 7.04. The lowest BCUT2D eigenvalue weighted by molar-refractivity contribution is -0.141. The van der Waals surface area contributed by atoms with E-state index in [2.05, 4.69) is 15.3 Å². The first-order valence-corrected chi connectivity index (χ1v) is 12.3. The van der Waals surface area contributed by atoms with Gasteiger partial charge in [0.25, 0.3) is 5.92 Å². The molecule has 3 N–H and O–H groups in total. The molecule has 0 spiro atoms. The maximum Gasteiger partial charge on any atom is 0.433 e. The summed E-state index contributed by atoms with van der Waals surface area (Å²) in [5.74, 6) is -4.22. The molecule has 0 aliphatic carbocycles. The number of nitrogens with one attached hydrogen (secondary N) is 2. The van der Waals surface area contributed by atoms with Gasteiger partial charge in [0.15, 0.2) is 12.3 Å². The van der Waals surface area contributed by atoms with E-state index in [9.17, 15) is 18.3 Å². The van der Waals surface area contributed by atoms with Crippen molar-refractivity contribution in [3.05, 3.63) is 71.3 Å². The van der Waals surface area contributed by atoms with Crippen LogP contribution in [0.1, 0.15) is 48.0 Å². The first-order chi connectivity index (χ1) is 18.3.